The van der Waals surface area contributed by atoms with Gasteiger partial charge in [-0.25, -0.2) is 0 Å². The van der Waals surface area contributed by atoms with Gasteiger partial charge in [0.1, 0.15) is 0 Å². The summed E-state index contributed by atoms with van der Waals surface area (Å²) < 4.78 is 1.83. The van der Waals surface area contributed by atoms with Crippen molar-refractivity contribution in [3.8, 4) is 0 Å². The van der Waals surface area contributed by atoms with Crippen molar-refractivity contribution in [1.82, 2.24) is 4.98 Å². The quantitative estimate of drug-likeness (QED) is 0.846. The molecule has 0 aliphatic carbocycles. The zero-order chi connectivity index (χ0) is 11.7. The maximum absolute atomic E-state index is 9.76. The molecule has 0 saturated heterocycles. The Kier molecular flexibility index (Phi) is 3.82. The van der Waals surface area contributed by atoms with E-state index in [1.165, 1.54) is 3.58 Å². The van der Waals surface area contributed by atoms with E-state index >= 15 is 0 Å². The Morgan fingerprint density at radius 2 is 1.73 bits per heavy atom. The van der Waals surface area contributed by atoms with Crippen LogP contribution < -0.4 is 3.58 Å². The van der Waals surface area contributed by atoms with Crippen LogP contribution in [0, 0.1) is 0 Å². The Hall–Kier alpha value is -0.0913. The van der Waals surface area contributed by atoms with E-state index in [1.807, 2.05) is 12.3 Å². The first-order valence-corrected chi connectivity index (χ1v) is 8.01. The van der Waals surface area contributed by atoms with Crippen molar-refractivity contribution in [2.45, 2.75) is 43.7 Å². The molecule has 0 aliphatic rings. The van der Waals surface area contributed by atoms with Gasteiger partial charge in [0.25, 0.3) is 0 Å². The van der Waals surface area contributed by atoms with Crippen molar-refractivity contribution in [3.05, 3.63) is 24.0 Å². The second kappa shape index (κ2) is 4.42. The summed E-state index contributed by atoms with van der Waals surface area (Å²) >= 11 is -0.564. The molecule has 1 heterocycles. The molecule has 0 unspecified atom stereocenters. The first kappa shape index (κ1) is 13.0. The zero-order valence-electron chi connectivity index (χ0n) is 10.1. The minimum absolute atomic E-state index is 0.446. The van der Waals surface area contributed by atoms with Crippen LogP contribution >= 0.6 is 0 Å². The fourth-order valence-electron chi connectivity index (χ4n) is 1.26. The summed E-state index contributed by atoms with van der Waals surface area (Å²) in [5.41, 5.74) is -0.0785. The van der Waals surface area contributed by atoms with Gasteiger partial charge in [0.15, 0.2) is 0 Å². The summed E-state index contributed by atoms with van der Waals surface area (Å²) in [6.07, 6.45) is 1.94. The summed E-state index contributed by atoms with van der Waals surface area (Å²) in [4.78, 5) is 4.33. The fraction of sp³-hybridized carbons (Fsp3) is 0.583. The van der Waals surface area contributed by atoms with E-state index in [0.29, 0.717) is 3.43 Å². The van der Waals surface area contributed by atoms with Crippen LogP contribution in [0.15, 0.2) is 18.3 Å². The molecule has 2 nitrogen and oxygen atoms in total. The van der Waals surface area contributed by atoms with Crippen LogP contribution in [0.2, 0.25) is 3.43 Å². The van der Waals surface area contributed by atoms with E-state index in [9.17, 15) is 5.11 Å². The molecule has 0 aromatic carbocycles. The number of pyridine rings is 1. The van der Waals surface area contributed by atoms with Crippen molar-refractivity contribution in [1.29, 1.82) is 0 Å². The van der Waals surface area contributed by atoms with Crippen LogP contribution in [0.1, 0.15) is 40.3 Å². The van der Waals surface area contributed by atoms with E-state index < -0.39 is 26.7 Å². The molecule has 2 radical (unpaired) electrons. The monoisotopic (exact) mass is 313 g/mol. The van der Waals surface area contributed by atoms with Gasteiger partial charge in [-0.05, 0) is 0 Å². The molecule has 1 rings (SSSR count). The molecular weight excluding hydrogens is 293 g/mol. The Balaban J connectivity index is 2.82. The van der Waals surface area contributed by atoms with Gasteiger partial charge in [-0.3, -0.25) is 0 Å². The fourth-order valence-corrected chi connectivity index (χ4v) is 4.58. The van der Waals surface area contributed by atoms with Crippen molar-refractivity contribution < 1.29 is 5.11 Å². The summed E-state index contributed by atoms with van der Waals surface area (Å²) in [6.45, 7) is 10.4. The van der Waals surface area contributed by atoms with Gasteiger partial charge in [0.05, 0.1) is 0 Å². The standard InChI is InChI=1S/C8H10NO.C4H9.Sn/c1-8(2,10)7-5-3-4-6-9-7;1-4(2)3;/h3,5-6,10H,1-2H3;1-3H3;. The van der Waals surface area contributed by atoms with Gasteiger partial charge >= 0.3 is 102 Å². The van der Waals surface area contributed by atoms with Crippen molar-refractivity contribution >= 4 is 24.7 Å². The van der Waals surface area contributed by atoms with Gasteiger partial charge in [-0.1, -0.05) is 0 Å². The average Bonchev–Trinajstić information content (AvgIpc) is 2.00. The number of nitrogens with zero attached hydrogens (tertiary/aromatic N) is 1. The normalized spacial score (nSPS) is 12.9. The van der Waals surface area contributed by atoms with Gasteiger partial charge in [0.2, 0.25) is 0 Å². The van der Waals surface area contributed by atoms with Gasteiger partial charge in [-0.15, -0.1) is 0 Å². The van der Waals surface area contributed by atoms with Gasteiger partial charge < -0.3 is 0 Å². The first-order chi connectivity index (χ1) is 6.68. The van der Waals surface area contributed by atoms with Crippen LogP contribution in [-0.2, 0) is 5.60 Å². The molecule has 0 aliphatic heterocycles. The second-order valence-electron chi connectivity index (χ2n) is 5.37. The van der Waals surface area contributed by atoms with Crippen molar-refractivity contribution in [2.75, 3.05) is 0 Å². The van der Waals surface area contributed by atoms with Crippen LogP contribution in [-0.4, -0.2) is 31.2 Å². The molecule has 3 heteroatoms. The molecule has 1 aromatic heterocycles. The van der Waals surface area contributed by atoms with E-state index in [1.54, 1.807) is 13.8 Å². The molecule has 1 N–H and O–H groups in total. The van der Waals surface area contributed by atoms with Crippen molar-refractivity contribution in [3.63, 3.8) is 0 Å². The maximum atomic E-state index is 9.76. The number of rotatable bonds is 2. The van der Waals surface area contributed by atoms with Crippen LogP contribution in [0.5, 0.6) is 0 Å². The topological polar surface area (TPSA) is 33.1 Å². The molecule has 0 atom stereocenters. The number of aromatic nitrogens is 1. The Bertz CT molecular complexity index is 319. The van der Waals surface area contributed by atoms with Crippen LogP contribution in [0.3, 0.4) is 0 Å². The number of hydrogen-bond acceptors (Lipinski definition) is 2. The third kappa shape index (κ3) is 4.51. The third-order valence-electron chi connectivity index (χ3n) is 1.91. The predicted molar refractivity (Wildman–Crippen MR) is 64.6 cm³/mol. The summed E-state index contributed by atoms with van der Waals surface area (Å²) in [6, 6.07) is 4.07. The first-order valence-electron chi connectivity index (χ1n) is 5.15. The van der Waals surface area contributed by atoms with Crippen LogP contribution in [0.25, 0.3) is 0 Å². The van der Waals surface area contributed by atoms with E-state index in [2.05, 4.69) is 31.8 Å². The van der Waals surface area contributed by atoms with E-state index in [4.69, 9.17) is 0 Å². The predicted octanol–water partition coefficient (Wildman–Crippen LogP) is 1.86. The van der Waals surface area contributed by atoms with E-state index in [0.717, 1.165) is 5.69 Å². The number of aliphatic hydroxyl groups is 1. The average molecular weight is 312 g/mol. The van der Waals surface area contributed by atoms with Gasteiger partial charge in [0, 0.05) is 0 Å². The van der Waals surface area contributed by atoms with E-state index in [-0.39, 0.29) is 0 Å². The zero-order valence-corrected chi connectivity index (χ0v) is 13.0. The molecule has 0 spiro atoms. The second-order valence-corrected chi connectivity index (χ2v) is 12.0. The minimum atomic E-state index is -0.828. The summed E-state index contributed by atoms with van der Waals surface area (Å²) in [5, 5.41) is 9.76. The Morgan fingerprint density at radius 1 is 1.13 bits per heavy atom. The Labute approximate surface area is 102 Å². The summed E-state index contributed by atoms with van der Waals surface area (Å²) in [5.74, 6) is 0. The SMILES string of the molecule is C[C](C)(C)[Sn][c]1ccc(C(C)(C)O)nc1. The third-order valence-corrected chi connectivity index (χ3v) is 5.72. The van der Waals surface area contributed by atoms with Crippen LogP contribution in [0.4, 0.5) is 0 Å². The Morgan fingerprint density at radius 3 is 2.07 bits per heavy atom. The molecule has 0 fully saturated rings. The number of hydrogen-bond donors (Lipinski definition) is 1. The molecule has 82 valence electrons. The molecule has 15 heavy (non-hydrogen) atoms. The summed E-state index contributed by atoms with van der Waals surface area (Å²) in [7, 11) is 0. The molecule has 0 amide bonds. The van der Waals surface area contributed by atoms with Crippen molar-refractivity contribution in [2.24, 2.45) is 0 Å². The molecular formula is C12H19NOSn. The van der Waals surface area contributed by atoms with Gasteiger partial charge in [-0.2, -0.15) is 0 Å². The molecule has 0 saturated carbocycles. The molecule has 0 bridgehead atoms. The molecule has 1 aromatic rings.